The molecular formula is C16H20N2O. The first kappa shape index (κ1) is 12.5. The SMILES string of the molecule is CC(NC1CCNCc2ccccc21)c1ccco1. The van der Waals surface area contributed by atoms with E-state index >= 15 is 0 Å². The van der Waals surface area contributed by atoms with Gasteiger partial charge in [-0.15, -0.1) is 0 Å². The zero-order chi connectivity index (χ0) is 13.1. The minimum absolute atomic E-state index is 0.228. The fraction of sp³-hybridized carbons (Fsp3) is 0.375. The Morgan fingerprint density at radius 3 is 3.00 bits per heavy atom. The summed E-state index contributed by atoms with van der Waals surface area (Å²) in [5.74, 6) is 0.995. The van der Waals surface area contributed by atoms with Gasteiger partial charge in [0.05, 0.1) is 12.3 Å². The number of hydrogen-bond acceptors (Lipinski definition) is 3. The van der Waals surface area contributed by atoms with Gasteiger partial charge in [0, 0.05) is 12.6 Å². The van der Waals surface area contributed by atoms with Crippen molar-refractivity contribution in [2.24, 2.45) is 0 Å². The van der Waals surface area contributed by atoms with E-state index in [9.17, 15) is 0 Å². The highest BCUT2D eigenvalue weighted by Crippen LogP contribution is 2.26. The van der Waals surface area contributed by atoms with E-state index < -0.39 is 0 Å². The first-order valence-corrected chi connectivity index (χ1v) is 6.92. The van der Waals surface area contributed by atoms with E-state index in [1.807, 2.05) is 12.1 Å². The molecule has 3 heteroatoms. The Hall–Kier alpha value is -1.58. The summed E-state index contributed by atoms with van der Waals surface area (Å²) < 4.78 is 5.48. The van der Waals surface area contributed by atoms with Crippen molar-refractivity contribution in [3.8, 4) is 0 Å². The summed E-state index contributed by atoms with van der Waals surface area (Å²) in [6.45, 7) is 4.15. The summed E-state index contributed by atoms with van der Waals surface area (Å²) in [7, 11) is 0. The van der Waals surface area contributed by atoms with Gasteiger partial charge < -0.3 is 15.1 Å². The first-order chi connectivity index (χ1) is 9.34. The molecule has 0 radical (unpaired) electrons. The highest BCUT2D eigenvalue weighted by Gasteiger charge is 2.20. The van der Waals surface area contributed by atoms with Crippen LogP contribution in [0.4, 0.5) is 0 Å². The second-order valence-corrected chi connectivity index (χ2v) is 5.12. The number of fused-ring (bicyclic) bond motifs is 1. The van der Waals surface area contributed by atoms with Crippen molar-refractivity contribution in [1.82, 2.24) is 10.6 Å². The van der Waals surface area contributed by atoms with E-state index in [4.69, 9.17) is 4.42 Å². The molecule has 0 fully saturated rings. The summed E-state index contributed by atoms with van der Waals surface area (Å²) >= 11 is 0. The van der Waals surface area contributed by atoms with Crippen LogP contribution in [0.3, 0.4) is 0 Å². The highest BCUT2D eigenvalue weighted by atomic mass is 16.3. The zero-order valence-corrected chi connectivity index (χ0v) is 11.2. The topological polar surface area (TPSA) is 37.2 Å². The molecule has 0 aliphatic carbocycles. The van der Waals surface area contributed by atoms with Crippen LogP contribution in [-0.4, -0.2) is 6.54 Å². The van der Waals surface area contributed by atoms with Crippen LogP contribution in [0.15, 0.2) is 47.1 Å². The fourth-order valence-electron chi connectivity index (χ4n) is 2.75. The van der Waals surface area contributed by atoms with E-state index in [0.29, 0.717) is 6.04 Å². The van der Waals surface area contributed by atoms with Crippen LogP contribution in [0.25, 0.3) is 0 Å². The van der Waals surface area contributed by atoms with Crippen molar-refractivity contribution >= 4 is 0 Å². The molecule has 100 valence electrons. The van der Waals surface area contributed by atoms with Crippen LogP contribution >= 0.6 is 0 Å². The summed E-state index contributed by atoms with van der Waals surface area (Å²) in [5, 5.41) is 7.16. The maximum Gasteiger partial charge on any atom is 0.120 e. The van der Waals surface area contributed by atoms with Crippen molar-refractivity contribution in [3.05, 3.63) is 59.5 Å². The van der Waals surface area contributed by atoms with Gasteiger partial charge in [0.1, 0.15) is 5.76 Å². The van der Waals surface area contributed by atoms with Gasteiger partial charge in [-0.05, 0) is 43.1 Å². The van der Waals surface area contributed by atoms with Crippen molar-refractivity contribution in [2.75, 3.05) is 6.54 Å². The molecule has 0 spiro atoms. The van der Waals surface area contributed by atoms with E-state index in [-0.39, 0.29) is 6.04 Å². The molecule has 2 aromatic rings. The average Bonchev–Trinajstić information content (AvgIpc) is 2.90. The van der Waals surface area contributed by atoms with Crippen molar-refractivity contribution in [1.29, 1.82) is 0 Å². The molecule has 2 unspecified atom stereocenters. The standard InChI is InChI=1S/C16H20N2O/c1-12(16-7-4-10-19-16)18-15-8-9-17-11-13-5-2-3-6-14(13)15/h2-7,10,12,15,17-18H,8-9,11H2,1H3. The summed E-state index contributed by atoms with van der Waals surface area (Å²) in [6, 6.07) is 13.2. The minimum Gasteiger partial charge on any atom is -0.468 e. The van der Waals surface area contributed by atoms with E-state index in [1.54, 1.807) is 6.26 Å². The number of nitrogens with one attached hydrogen (secondary N) is 2. The smallest absolute Gasteiger partial charge is 0.120 e. The van der Waals surface area contributed by atoms with Crippen LogP contribution in [-0.2, 0) is 6.54 Å². The van der Waals surface area contributed by atoms with Gasteiger partial charge >= 0.3 is 0 Å². The quantitative estimate of drug-likeness (QED) is 0.885. The van der Waals surface area contributed by atoms with Crippen LogP contribution in [0.5, 0.6) is 0 Å². The van der Waals surface area contributed by atoms with E-state index in [0.717, 1.165) is 25.3 Å². The van der Waals surface area contributed by atoms with Crippen molar-refractivity contribution in [2.45, 2.75) is 32.0 Å². The monoisotopic (exact) mass is 256 g/mol. The average molecular weight is 256 g/mol. The van der Waals surface area contributed by atoms with Gasteiger partial charge in [-0.3, -0.25) is 0 Å². The summed E-state index contributed by atoms with van der Waals surface area (Å²) in [4.78, 5) is 0. The normalized spacial score (nSPS) is 20.6. The van der Waals surface area contributed by atoms with Gasteiger partial charge in [-0.1, -0.05) is 24.3 Å². The van der Waals surface area contributed by atoms with Crippen LogP contribution < -0.4 is 10.6 Å². The molecule has 2 heterocycles. The predicted octanol–water partition coefficient (Wildman–Crippen LogP) is 3.16. The molecule has 2 atom stereocenters. The maximum absolute atomic E-state index is 5.48. The van der Waals surface area contributed by atoms with Crippen LogP contribution in [0.1, 0.15) is 42.3 Å². The summed E-state index contributed by atoms with van der Waals surface area (Å²) in [5.41, 5.74) is 2.80. The van der Waals surface area contributed by atoms with Gasteiger partial charge in [-0.25, -0.2) is 0 Å². The maximum atomic E-state index is 5.48. The molecule has 1 aliphatic heterocycles. The lowest BCUT2D eigenvalue weighted by Crippen LogP contribution is -2.25. The Morgan fingerprint density at radius 2 is 2.16 bits per heavy atom. The lowest BCUT2D eigenvalue weighted by atomic mass is 9.98. The van der Waals surface area contributed by atoms with Crippen LogP contribution in [0.2, 0.25) is 0 Å². The Labute approximate surface area is 114 Å². The minimum atomic E-state index is 0.228. The molecule has 0 amide bonds. The lowest BCUT2D eigenvalue weighted by molar-refractivity contribution is 0.382. The number of benzene rings is 1. The third-order valence-electron chi connectivity index (χ3n) is 3.78. The molecule has 19 heavy (non-hydrogen) atoms. The van der Waals surface area contributed by atoms with Gasteiger partial charge in [-0.2, -0.15) is 0 Å². The first-order valence-electron chi connectivity index (χ1n) is 6.92. The predicted molar refractivity (Wildman–Crippen MR) is 75.8 cm³/mol. The lowest BCUT2D eigenvalue weighted by Gasteiger charge is -2.22. The third-order valence-corrected chi connectivity index (χ3v) is 3.78. The van der Waals surface area contributed by atoms with Gasteiger partial charge in [0.2, 0.25) is 0 Å². The molecule has 3 nitrogen and oxygen atoms in total. The largest absolute Gasteiger partial charge is 0.468 e. The number of hydrogen-bond donors (Lipinski definition) is 2. The molecule has 3 rings (SSSR count). The van der Waals surface area contributed by atoms with Gasteiger partial charge in [0.15, 0.2) is 0 Å². The van der Waals surface area contributed by atoms with Crippen LogP contribution in [0, 0.1) is 0 Å². The third kappa shape index (κ3) is 2.72. The van der Waals surface area contributed by atoms with E-state index in [2.05, 4.69) is 41.8 Å². The Kier molecular flexibility index (Phi) is 3.67. The number of rotatable bonds is 3. The van der Waals surface area contributed by atoms with Gasteiger partial charge in [0.25, 0.3) is 0 Å². The molecule has 1 aromatic heterocycles. The molecule has 1 aromatic carbocycles. The van der Waals surface area contributed by atoms with E-state index in [1.165, 1.54) is 11.1 Å². The molecule has 0 saturated carbocycles. The Morgan fingerprint density at radius 1 is 1.26 bits per heavy atom. The molecule has 0 saturated heterocycles. The Balaban J connectivity index is 1.80. The summed E-state index contributed by atoms with van der Waals surface area (Å²) in [6.07, 6.45) is 2.83. The van der Waals surface area contributed by atoms with Crippen molar-refractivity contribution in [3.63, 3.8) is 0 Å². The second kappa shape index (κ2) is 5.59. The molecule has 2 N–H and O–H groups in total. The van der Waals surface area contributed by atoms with Crippen molar-refractivity contribution < 1.29 is 4.42 Å². The fourth-order valence-corrected chi connectivity index (χ4v) is 2.75. The zero-order valence-electron chi connectivity index (χ0n) is 11.2. The molecule has 1 aliphatic rings. The number of furan rings is 1. The highest BCUT2D eigenvalue weighted by molar-refractivity contribution is 5.31. The molecular weight excluding hydrogens is 236 g/mol. The second-order valence-electron chi connectivity index (χ2n) is 5.12. The Bertz CT molecular complexity index is 521. The molecule has 0 bridgehead atoms.